The van der Waals surface area contributed by atoms with E-state index in [4.69, 9.17) is 21.1 Å². The Labute approximate surface area is 112 Å². The van der Waals surface area contributed by atoms with Gasteiger partial charge in [0.1, 0.15) is 5.76 Å². The zero-order valence-corrected chi connectivity index (χ0v) is 11.4. The Morgan fingerprint density at radius 2 is 2.11 bits per heavy atom. The fourth-order valence-corrected chi connectivity index (χ4v) is 1.74. The molecule has 0 fully saturated rings. The number of allylic oxidation sites excluding steroid dienone is 1. The van der Waals surface area contributed by atoms with Crippen molar-refractivity contribution in [3.05, 3.63) is 46.7 Å². The lowest BCUT2D eigenvalue weighted by Crippen LogP contribution is -2.03. The number of esters is 1. The van der Waals surface area contributed by atoms with Crippen LogP contribution in [-0.2, 0) is 20.7 Å². The first kappa shape index (κ1) is 14.6. The maximum Gasteiger partial charge on any atom is 0.334 e. The van der Waals surface area contributed by atoms with Gasteiger partial charge in [0, 0.05) is 11.4 Å². The summed E-state index contributed by atoms with van der Waals surface area (Å²) < 4.78 is 9.97. The van der Waals surface area contributed by atoms with Crippen molar-refractivity contribution >= 4 is 17.6 Å². The minimum absolute atomic E-state index is 0.358. The quantitative estimate of drug-likeness (QED) is 0.451. The molecule has 0 heterocycles. The van der Waals surface area contributed by atoms with Crippen molar-refractivity contribution in [3.8, 4) is 0 Å². The highest BCUT2D eigenvalue weighted by atomic mass is 35.5. The number of halogens is 1. The highest BCUT2D eigenvalue weighted by molar-refractivity contribution is 6.31. The van der Waals surface area contributed by atoms with E-state index in [1.54, 1.807) is 6.92 Å². The zero-order chi connectivity index (χ0) is 13.4. The van der Waals surface area contributed by atoms with Crippen molar-refractivity contribution in [1.82, 2.24) is 0 Å². The molecule has 0 saturated carbocycles. The van der Waals surface area contributed by atoms with Gasteiger partial charge in [-0.2, -0.15) is 0 Å². The van der Waals surface area contributed by atoms with Gasteiger partial charge in [-0.25, -0.2) is 4.79 Å². The van der Waals surface area contributed by atoms with Gasteiger partial charge in [-0.15, -0.1) is 0 Å². The summed E-state index contributed by atoms with van der Waals surface area (Å²) in [4.78, 5) is 11.3. The van der Waals surface area contributed by atoms with Gasteiger partial charge in [-0.1, -0.05) is 29.8 Å². The average Bonchev–Trinajstić information content (AvgIpc) is 2.36. The van der Waals surface area contributed by atoms with E-state index >= 15 is 0 Å². The van der Waals surface area contributed by atoms with Crippen LogP contribution >= 0.6 is 11.6 Å². The minimum atomic E-state index is -0.381. The summed E-state index contributed by atoms with van der Waals surface area (Å²) >= 11 is 6.05. The van der Waals surface area contributed by atoms with Gasteiger partial charge in [0.25, 0.3) is 0 Å². The van der Waals surface area contributed by atoms with Crippen LogP contribution in [0.25, 0.3) is 0 Å². The molecule has 0 aliphatic carbocycles. The highest BCUT2D eigenvalue weighted by Crippen LogP contribution is 2.18. The van der Waals surface area contributed by atoms with E-state index in [2.05, 4.69) is 0 Å². The van der Waals surface area contributed by atoms with E-state index < -0.39 is 0 Å². The van der Waals surface area contributed by atoms with Gasteiger partial charge in [0.15, 0.2) is 0 Å². The number of ether oxygens (including phenoxy) is 2. The molecule has 0 saturated heterocycles. The lowest BCUT2D eigenvalue weighted by Gasteiger charge is -2.07. The molecule has 0 radical (unpaired) electrons. The summed E-state index contributed by atoms with van der Waals surface area (Å²) in [6, 6.07) is 7.62. The molecule has 0 N–H and O–H groups in total. The van der Waals surface area contributed by atoms with Crippen LogP contribution in [0, 0.1) is 0 Å². The highest BCUT2D eigenvalue weighted by Gasteiger charge is 2.05. The number of rotatable bonds is 6. The van der Waals surface area contributed by atoms with Crippen LogP contribution in [0.15, 0.2) is 36.1 Å². The Morgan fingerprint density at radius 1 is 1.39 bits per heavy atom. The van der Waals surface area contributed by atoms with E-state index in [0.29, 0.717) is 18.8 Å². The molecule has 0 atom stereocenters. The van der Waals surface area contributed by atoms with Crippen LogP contribution in [0.1, 0.15) is 18.9 Å². The lowest BCUT2D eigenvalue weighted by molar-refractivity contribution is -0.137. The van der Waals surface area contributed by atoms with Crippen molar-refractivity contribution in [3.63, 3.8) is 0 Å². The summed E-state index contributed by atoms with van der Waals surface area (Å²) in [5.41, 5.74) is 1.03. The summed E-state index contributed by atoms with van der Waals surface area (Å²) in [7, 11) is 1.54. The van der Waals surface area contributed by atoms with Crippen molar-refractivity contribution in [2.75, 3.05) is 13.7 Å². The molecule has 0 spiro atoms. The number of benzene rings is 1. The van der Waals surface area contributed by atoms with Gasteiger partial charge in [0.2, 0.25) is 0 Å². The monoisotopic (exact) mass is 268 g/mol. The number of hydrogen-bond donors (Lipinski definition) is 0. The summed E-state index contributed by atoms with van der Waals surface area (Å²) in [6.45, 7) is 2.12. The van der Waals surface area contributed by atoms with Crippen molar-refractivity contribution in [2.45, 2.75) is 19.8 Å². The lowest BCUT2D eigenvalue weighted by atomic mass is 10.1. The molecule has 0 aromatic heterocycles. The maximum absolute atomic E-state index is 11.3. The molecular weight excluding hydrogens is 252 g/mol. The summed E-state index contributed by atoms with van der Waals surface area (Å²) in [5, 5.41) is 0.726. The van der Waals surface area contributed by atoms with Crippen LogP contribution in [0.4, 0.5) is 0 Å². The number of hydrogen-bond acceptors (Lipinski definition) is 3. The van der Waals surface area contributed by atoms with Crippen LogP contribution in [0.5, 0.6) is 0 Å². The van der Waals surface area contributed by atoms with Crippen molar-refractivity contribution < 1.29 is 14.3 Å². The van der Waals surface area contributed by atoms with Crippen LogP contribution in [-0.4, -0.2) is 19.7 Å². The van der Waals surface area contributed by atoms with Crippen molar-refractivity contribution in [2.24, 2.45) is 0 Å². The van der Waals surface area contributed by atoms with Gasteiger partial charge < -0.3 is 9.47 Å². The van der Waals surface area contributed by atoms with E-state index in [-0.39, 0.29) is 5.97 Å². The van der Waals surface area contributed by atoms with Crippen LogP contribution in [0.3, 0.4) is 0 Å². The first-order chi connectivity index (χ1) is 8.67. The number of carbonyl (C=O) groups is 1. The fraction of sp³-hybridized carbons (Fsp3) is 0.357. The average molecular weight is 269 g/mol. The molecule has 18 heavy (non-hydrogen) atoms. The van der Waals surface area contributed by atoms with Gasteiger partial charge in [0.05, 0.1) is 19.8 Å². The Morgan fingerprint density at radius 3 is 2.72 bits per heavy atom. The molecule has 98 valence electrons. The molecule has 0 bridgehead atoms. The Kier molecular flexibility index (Phi) is 6.29. The second-order valence-electron chi connectivity index (χ2n) is 3.66. The Hall–Kier alpha value is -1.48. The van der Waals surface area contributed by atoms with Crippen LogP contribution < -0.4 is 0 Å². The van der Waals surface area contributed by atoms with Crippen molar-refractivity contribution in [1.29, 1.82) is 0 Å². The van der Waals surface area contributed by atoms with Gasteiger partial charge in [-0.3, -0.25) is 0 Å². The van der Waals surface area contributed by atoms with Gasteiger partial charge in [-0.05, 0) is 25.0 Å². The van der Waals surface area contributed by atoms with Crippen LogP contribution in [0.2, 0.25) is 5.02 Å². The summed E-state index contributed by atoms with van der Waals surface area (Å²) in [5.74, 6) is 0.210. The van der Waals surface area contributed by atoms with E-state index in [1.165, 1.54) is 13.2 Å². The third-order valence-corrected chi connectivity index (χ3v) is 2.79. The molecule has 0 aliphatic rings. The normalized spacial score (nSPS) is 11.2. The standard InChI is InChI=1S/C14H17ClO3/c1-3-18-14(16)10-12(17-2)9-8-11-6-4-5-7-13(11)15/h4-7,10H,3,8-9H2,1-2H3. The molecule has 1 aromatic rings. The van der Waals surface area contributed by atoms with E-state index in [9.17, 15) is 4.79 Å². The largest absolute Gasteiger partial charge is 0.501 e. The second-order valence-corrected chi connectivity index (χ2v) is 4.07. The number of carbonyl (C=O) groups excluding carboxylic acids is 1. The topological polar surface area (TPSA) is 35.5 Å². The van der Waals surface area contributed by atoms with E-state index in [0.717, 1.165) is 17.0 Å². The smallest absolute Gasteiger partial charge is 0.334 e. The third-order valence-electron chi connectivity index (χ3n) is 2.43. The minimum Gasteiger partial charge on any atom is -0.501 e. The zero-order valence-electron chi connectivity index (χ0n) is 10.6. The molecule has 1 aromatic carbocycles. The molecule has 0 unspecified atom stereocenters. The maximum atomic E-state index is 11.3. The SMILES string of the molecule is CCOC(=O)C=C(CCc1ccccc1Cl)OC. The molecule has 1 rings (SSSR count). The Balaban J connectivity index is 2.60. The Bertz CT molecular complexity index is 427. The third kappa shape index (κ3) is 4.80. The first-order valence-electron chi connectivity index (χ1n) is 5.82. The molecule has 3 nitrogen and oxygen atoms in total. The number of methoxy groups -OCH3 is 1. The summed E-state index contributed by atoms with van der Waals surface area (Å²) in [6.07, 6.45) is 2.71. The predicted molar refractivity (Wildman–Crippen MR) is 71.5 cm³/mol. The molecular formula is C14H17ClO3. The fourth-order valence-electron chi connectivity index (χ4n) is 1.51. The second kappa shape index (κ2) is 7.77. The van der Waals surface area contributed by atoms with E-state index in [1.807, 2.05) is 24.3 Å². The van der Waals surface area contributed by atoms with Gasteiger partial charge >= 0.3 is 5.97 Å². The number of aryl methyl sites for hydroxylation is 1. The molecule has 0 amide bonds. The predicted octanol–water partition coefficient (Wildman–Crippen LogP) is 3.37. The molecule has 0 aliphatic heterocycles. The molecule has 4 heteroatoms. The first-order valence-corrected chi connectivity index (χ1v) is 6.20.